The van der Waals surface area contributed by atoms with Crippen LogP contribution in [0.3, 0.4) is 0 Å². The lowest BCUT2D eigenvalue weighted by Gasteiger charge is -2.30. The Balaban J connectivity index is 1.86. The molecule has 1 saturated heterocycles. The van der Waals surface area contributed by atoms with E-state index in [0.717, 1.165) is 62.9 Å². The molecule has 1 fully saturated rings. The number of carbonyl (C=O) groups excluding carboxylic acids is 2. The van der Waals surface area contributed by atoms with E-state index in [1.807, 2.05) is 30.0 Å². The smallest absolute Gasteiger partial charge is 0.253 e. The number of nitrogens with zero attached hydrogens (tertiary/aromatic N) is 1. The second kappa shape index (κ2) is 10.3. The number of aryl methyl sites for hydroxylation is 1. The predicted molar refractivity (Wildman–Crippen MR) is 106 cm³/mol. The maximum absolute atomic E-state index is 12.6. The van der Waals surface area contributed by atoms with E-state index in [1.54, 1.807) is 0 Å². The Kier molecular flexibility index (Phi) is 8.10. The lowest BCUT2D eigenvalue weighted by atomic mass is 9.98. The number of amides is 2. The molecule has 0 radical (unpaired) electrons. The second-order valence-electron chi connectivity index (χ2n) is 7.51. The summed E-state index contributed by atoms with van der Waals surface area (Å²) in [7, 11) is 0. The summed E-state index contributed by atoms with van der Waals surface area (Å²) in [4.78, 5) is 26.7. The standard InChI is InChI=1S/C21H33N3O2/c1-16-10-13-24(14-11-16)21(26)18-8-9-19(17(2)15-18)23-20(25)7-5-3-4-6-12-22/h8-9,15-16H,3-7,10-14,22H2,1-2H3,(H,23,25). The molecule has 1 aliphatic rings. The third kappa shape index (κ3) is 6.13. The van der Waals surface area contributed by atoms with E-state index >= 15 is 0 Å². The molecule has 0 spiro atoms. The van der Waals surface area contributed by atoms with Gasteiger partial charge in [0, 0.05) is 30.8 Å². The fraction of sp³-hybridized carbons (Fsp3) is 0.619. The molecule has 0 saturated carbocycles. The van der Waals surface area contributed by atoms with Crippen LogP contribution in [0.15, 0.2) is 18.2 Å². The molecule has 0 aliphatic carbocycles. The van der Waals surface area contributed by atoms with Gasteiger partial charge in [-0.1, -0.05) is 19.8 Å². The Morgan fingerprint density at radius 2 is 1.85 bits per heavy atom. The summed E-state index contributed by atoms with van der Waals surface area (Å²) in [5.41, 5.74) is 7.90. The minimum atomic E-state index is 0.0324. The SMILES string of the molecule is Cc1cc(C(=O)N2CCC(C)CC2)ccc1NC(=O)CCCCCCN. The maximum Gasteiger partial charge on any atom is 0.253 e. The van der Waals surface area contributed by atoms with Crippen LogP contribution in [0, 0.1) is 12.8 Å². The van der Waals surface area contributed by atoms with Crippen molar-refractivity contribution in [2.45, 2.75) is 58.8 Å². The summed E-state index contributed by atoms with van der Waals surface area (Å²) in [6.45, 7) is 6.56. The summed E-state index contributed by atoms with van der Waals surface area (Å²) >= 11 is 0. The van der Waals surface area contributed by atoms with Gasteiger partial charge < -0.3 is 16.0 Å². The van der Waals surface area contributed by atoms with Crippen molar-refractivity contribution in [3.8, 4) is 0 Å². The third-order valence-corrected chi connectivity index (χ3v) is 5.18. The van der Waals surface area contributed by atoms with Crippen molar-refractivity contribution in [2.24, 2.45) is 11.7 Å². The van der Waals surface area contributed by atoms with Crippen LogP contribution in [0.2, 0.25) is 0 Å². The highest BCUT2D eigenvalue weighted by Gasteiger charge is 2.21. The normalized spacial score (nSPS) is 15.1. The number of unbranched alkanes of at least 4 members (excludes halogenated alkanes) is 3. The molecule has 26 heavy (non-hydrogen) atoms. The molecule has 1 aromatic carbocycles. The number of carbonyl (C=O) groups is 2. The zero-order valence-corrected chi connectivity index (χ0v) is 16.2. The number of nitrogens with two attached hydrogens (primary N) is 1. The Bertz CT molecular complexity index is 607. The van der Waals surface area contributed by atoms with Crippen molar-refractivity contribution in [2.75, 3.05) is 25.0 Å². The van der Waals surface area contributed by atoms with Crippen molar-refractivity contribution < 1.29 is 9.59 Å². The molecule has 144 valence electrons. The van der Waals surface area contributed by atoms with Crippen molar-refractivity contribution >= 4 is 17.5 Å². The van der Waals surface area contributed by atoms with Crippen LogP contribution in [0.1, 0.15) is 67.8 Å². The van der Waals surface area contributed by atoms with Crippen LogP contribution in [0.4, 0.5) is 5.69 Å². The third-order valence-electron chi connectivity index (χ3n) is 5.18. The van der Waals surface area contributed by atoms with Gasteiger partial charge in [-0.05, 0) is 68.8 Å². The number of hydrogen-bond donors (Lipinski definition) is 2. The number of nitrogens with one attached hydrogen (secondary N) is 1. The zero-order chi connectivity index (χ0) is 18.9. The number of benzene rings is 1. The van der Waals surface area contributed by atoms with Gasteiger partial charge in [-0.15, -0.1) is 0 Å². The fourth-order valence-electron chi connectivity index (χ4n) is 3.33. The summed E-state index contributed by atoms with van der Waals surface area (Å²) in [5, 5.41) is 2.96. The molecule has 0 bridgehead atoms. The average Bonchev–Trinajstić information content (AvgIpc) is 2.63. The van der Waals surface area contributed by atoms with E-state index in [9.17, 15) is 9.59 Å². The van der Waals surface area contributed by atoms with Crippen LogP contribution in [0.25, 0.3) is 0 Å². The van der Waals surface area contributed by atoms with Gasteiger partial charge in [0.1, 0.15) is 0 Å². The van der Waals surface area contributed by atoms with Crippen LogP contribution in [-0.2, 0) is 4.79 Å². The van der Waals surface area contributed by atoms with Gasteiger partial charge in [-0.3, -0.25) is 9.59 Å². The topological polar surface area (TPSA) is 75.4 Å². The zero-order valence-electron chi connectivity index (χ0n) is 16.2. The maximum atomic E-state index is 12.6. The van der Waals surface area contributed by atoms with Crippen molar-refractivity contribution in [3.05, 3.63) is 29.3 Å². The minimum Gasteiger partial charge on any atom is -0.339 e. The quantitative estimate of drug-likeness (QED) is 0.695. The van der Waals surface area contributed by atoms with Gasteiger partial charge in [-0.25, -0.2) is 0 Å². The Morgan fingerprint density at radius 1 is 1.15 bits per heavy atom. The molecule has 2 amide bonds. The molecule has 3 N–H and O–H groups in total. The molecule has 5 nitrogen and oxygen atoms in total. The molecule has 2 rings (SSSR count). The lowest BCUT2D eigenvalue weighted by molar-refractivity contribution is -0.116. The molecule has 1 aromatic rings. The molecule has 1 aliphatic heterocycles. The first kappa shape index (κ1) is 20.4. The molecule has 0 atom stereocenters. The first-order chi connectivity index (χ1) is 12.5. The highest BCUT2D eigenvalue weighted by molar-refractivity contribution is 5.96. The lowest BCUT2D eigenvalue weighted by Crippen LogP contribution is -2.37. The average molecular weight is 360 g/mol. The van der Waals surface area contributed by atoms with E-state index in [0.29, 0.717) is 24.4 Å². The van der Waals surface area contributed by atoms with Gasteiger partial charge in [0.15, 0.2) is 0 Å². The number of piperidine rings is 1. The first-order valence-electron chi connectivity index (χ1n) is 9.91. The first-order valence-corrected chi connectivity index (χ1v) is 9.91. The van der Waals surface area contributed by atoms with Gasteiger partial charge in [-0.2, -0.15) is 0 Å². The largest absolute Gasteiger partial charge is 0.339 e. The molecule has 1 heterocycles. The van der Waals surface area contributed by atoms with Gasteiger partial charge >= 0.3 is 0 Å². The van der Waals surface area contributed by atoms with E-state index in [4.69, 9.17) is 5.73 Å². The number of hydrogen-bond acceptors (Lipinski definition) is 3. The number of rotatable bonds is 8. The van der Waals surface area contributed by atoms with Gasteiger partial charge in [0.2, 0.25) is 5.91 Å². The number of anilines is 1. The Hall–Kier alpha value is -1.88. The highest BCUT2D eigenvalue weighted by Crippen LogP contribution is 2.21. The van der Waals surface area contributed by atoms with Crippen molar-refractivity contribution in [3.63, 3.8) is 0 Å². The Morgan fingerprint density at radius 3 is 2.50 bits per heavy atom. The van der Waals surface area contributed by atoms with Crippen LogP contribution >= 0.6 is 0 Å². The van der Waals surface area contributed by atoms with Crippen molar-refractivity contribution in [1.29, 1.82) is 0 Å². The summed E-state index contributed by atoms with van der Waals surface area (Å²) in [5.74, 6) is 0.830. The van der Waals surface area contributed by atoms with E-state index in [2.05, 4.69) is 12.2 Å². The summed E-state index contributed by atoms with van der Waals surface area (Å²) in [6.07, 6.45) is 6.69. The van der Waals surface area contributed by atoms with E-state index < -0.39 is 0 Å². The van der Waals surface area contributed by atoms with E-state index in [-0.39, 0.29) is 11.8 Å². The summed E-state index contributed by atoms with van der Waals surface area (Å²) < 4.78 is 0. The highest BCUT2D eigenvalue weighted by atomic mass is 16.2. The molecular formula is C21H33N3O2. The van der Waals surface area contributed by atoms with Crippen LogP contribution < -0.4 is 11.1 Å². The van der Waals surface area contributed by atoms with E-state index in [1.165, 1.54) is 0 Å². The molecular weight excluding hydrogens is 326 g/mol. The van der Waals surface area contributed by atoms with Crippen molar-refractivity contribution in [1.82, 2.24) is 4.90 Å². The molecule has 0 unspecified atom stereocenters. The minimum absolute atomic E-state index is 0.0324. The van der Waals surface area contributed by atoms with Crippen LogP contribution in [0.5, 0.6) is 0 Å². The predicted octanol–water partition coefficient (Wildman–Crippen LogP) is 3.71. The fourth-order valence-corrected chi connectivity index (χ4v) is 3.33. The van der Waals surface area contributed by atoms with Gasteiger partial charge in [0.05, 0.1) is 0 Å². The second-order valence-corrected chi connectivity index (χ2v) is 7.51. The monoisotopic (exact) mass is 359 g/mol. The summed E-state index contributed by atoms with van der Waals surface area (Å²) in [6, 6.07) is 5.56. The molecule has 5 heteroatoms. The molecule has 0 aromatic heterocycles. The van der Waals surface area contributed by atoms with Crippen LogP contribution in [-0.4, -0.2) is 36.3 Å². The van der Waals surface area contributed by atoms with Gasteiger partial charge in [0.25, 0.3) is 5.91 Å². The number of likely N-dealkylation sites (tertiary alicyclic amines) is 1. The Labute approximate surface area is 157 Å².